The molecule has 180 valence electrons. The van der Waals surface area contributed by atoms with Gasteiger partial charge in [-0.15, -0.1) is 13.2 Å². The number of carbonyl (C=O) groups excluding carboxylic acids is 1. The molecule has 4 atom stereocenters. The molecule has 0 amide bonds. The van der Waals surface area contributed by atoms with Crippen LogP contribution in [0.3, 0.4) is 0 Å². The van der Waals surface area contributed by atoms with Crippen LogP contribution in [0.1, 0.15) is 49.9 Å². The van der Waals surface area contributed by atoms with Crippen molar-refractivity contribution in [3.63, 3.8) is 0 Å². The molecule has 3 rings (SSSR count). The molecule has 2 fully saturated rings. The summed E-state index contributed by atoms with van der Waals surface area (Å²) in [4.78, 5) is 12.2. The van der Waals surface area contributed by atoms with E-state index in [2.05, 4.69) is 4.74 Å². The first kappa shape index (κ1) is 24.6. The van der Waals surface area contributed by atoms with Gasteiger partial charge in [-0.05, 0) is 50.8 Å². The van der Waals surface area contributed by atoms with Gasteiger partial charge in [0.05, 0.1) is 17.8 Å². The first-order valence-electron chi connectivity index (χ1n) is 10.2. The second-order valence-corrected chi connectivity index (χ2v) is 9.69. The van der Waals surface area contributed by atoms with E-state index in [-0.39, 0.29) is 29.4 Å². The molecule has 2 heterocycles. The Morgan fingerprint density at radius 2 is 1.94 bits per heavy atom. The normalized spacial score (nSPS) is 24.8. The van der Waals surface area contributed by atoms with Crippen molar-refractivity contribution in [1.82, 2.24) is 0 Å². The van der Waals surface area contributed by atoms with Crippen LogP contribution < -0.4 is 9.47 Å². The van der Waals surface area contributed by atoms with Crippen molar-refractivity contribution >= 4 is 16.1 Å². The third kappa shape index (κ3) is 6.04. The van der Waals surface area contributed by atoms with Gasteiger partial charge in [-0.1, -0.05) is 6.92 Å². The van der Waals surface area contributed by atoms with Gasteiger partial charge in [0.25, 0.3) is 10.1 Å². The lowest BCUT2D eigenvalue weighted by atomic mass is 9.76. The number of hydrogen-bond donors (Lipinski definition) is 1. The summed E-state index contributed by atoms with van der Waals surface area (Å²) >= 11 is 0. The Labute approximate surface area is 183 Å². The maximum Gasteiger partial charge on any atom is 0.573 e. The van der Waals surface area contributed by atoms with Gasteiger partial charge >= 0.3 is 12.3 Å². The number of carbonyl (C=O) groups is 1. The van der Waals surface area contributed by atoms with Crippen LogP contribution in [0.15, 0.2) is 18.2 Å². The van der Waals surface area contributed by atoms with Gasteiger partial charge in [-0.2, -0.15) is 8.42 Å². The van der Waals surface area contributed by atoms with E-state index in [1.807, 2.05) is 6.92 Å². The standard InChI is InChI=1S/C20H25F3O8S/c1-3-19(2,14-11-13-5-7-15(14)29-13)30-17-10-12(4-6-16(17)31-20(21,22)23)18(24)28-8-9-32(25,26)27/h4,6,10,13-15H,3,5,7-9,11H2,1-2H3,(H,25,26,27). The van der Waals surface area contributed by atoms with Crippen molar-refractivity contribution in [2.45, 2.75) is 63.7 Å². The van der Waals surface area contributed by atoms with E-state index in [4.69, 9.17) is 18.8 Å². The molecule has 8 nitrogen and oxygen atoms in total. The molecule has 0 aromatic heterocycles. The van der Waals surface area contributed by atoms with Crippen LogP contribution in [0.4, 0.5) is 13.2 Å². The summed E-state index contributed by atoms with van der Waals surface area (Å²) in [6.45, 7) is 3.02. The average molecular weight is 482 g/mol. The first-order chi connectivity index (χ1) is 14.8. The van der Waals surface area contributed by atoms with Crippen LogP contribution in [0, 0.1) is 5.92 Å². The molecule has 1 aromatic carbocycles. The predicted octanol–water partition coefficient (Wildman–Crippen LogP) is 3.74. The van der Waals surface area contributed by atoms with E-state index in [1.165, 1.54) is 0 Å². The van der Waals surface area contributed by atoms with E-state index in [0.29, 0.717) is 6.42 Å². The fraction of sp³-hybridized carbons (Fsp3) is 0.650. The number of halogens is 3. The van der Waals surface area contributed by atoms with E-state index in [0.717, 1.165) is 37.5 Å². The Morgan fingerprint density at radius 3 is 2.47 bits per heavy atom. The van der Waals surface area contributed by atoms with Crippen LogP contribution in [-0.4, -0.2) is 55.5 Å². The Bertz CT molecular complexity index is 949. The molecule has 32 heavy (non-hydrogen) atoms. The summed E-state index contributed by atoms with van der Waals surface area (Å²) in [6.07, 6.45) is -1.94. The summed E-state index contributed by atoms with van der Waals surface area (Å²) in [7, 11) is -4.34. The van der Waals surface area contributed by atoms with E-state index >= 15 is 0 Å². The largest absolute Gasteiger partial charge is 0.573 e. The van der Waals surface area contributed by atoms with Crippen molar-refractivity contribution in [3.05, 3.63) is 23.8 Å². The lowest BCUT2D eigenvalue weighted by Crippen LogP contribution is -2.45. The number of fused-ring (bicyclic) bond motifs is 2. The second kappa shape index (κ2) is 9.06. The average Bonchev–Trinajstić information content (AvgIpc) is 3.31. The molecule has 2 aliphatic rings. The monoisotopic (exact) mass is 482 g/mol. The Balaban J connectivity index is 1.85. The topological polar surface area (TPSA) is 108 Å². The Morgan fingerprint density at radius 1 is 1.22 bits per heavy atom. The smallest absolute Gasteiger partial charge is 0.483 e. The quantitative estimate of drug-likeness (QED) is 0.419. The van der Waals surface area contributed by atoms with Gasteiger partial charge in [0.2, 0.25) is 0 Å². The molecule has 1 N–H and O–H groups in total. The summed E-state index contributed by atoms with van der Waals surface area (Å²) in [5.41, 5.74) is -1.04. The van der Waals surface area contributed by atoms with Crippen molar-refractivity contribution in [2.75, 3.05) is 12.4 Å². The summed E-state index contributed by atoms with van der Waals surface area (Å²) in [5, 5.41) is 0. The minimum absolute atomic E-state index is 0.0460. The number of esters is 1. The number of alkyl halides is 3. The first-order valence-corrected chi connectivity index (χ1v) is 11.8. The third-order valence-electron chi connectivity index (χ3n) is 5.92. The van der Waals surface area contributed by atoms with E-state index in [9.17, 15) is 26.4 Å². The van der Waals surface area contributed by atoms with Gasteiger partial charge in [0, 0.05) is 5.92 Å². The van der Waals surface area contributed by atoms with Gasteiger partial charge in [0.15, 0.2) is 11.5 Å². The maximum atomic E-state index is 12.9. The van der Waals surface area contributed by atoms with Crippen LogP contribution in [-0.2, 0) is 19.6 Å². The minimum atomic E-state index is -4.98. The molecule has 2 bridgehead atoms. The fourth-order valence-electron chi connectivity index (χ4n) is 4.19. The van der Waals surface area contributed by atoms with Crippen LogP contribution in [0.2, 0.25) is 0 Å². The van der Waals surface area contributed by atoms with Crippen LogP contribution in [0.25, 0.3) is 0 Å². The highest BCUT2D eigenvalue weighted by atomic mass is 32.2. The van der Waals surface area contributed by atoms with E-state index in [1.54, 1.807) is 6.92 Å². The van der Waals surface area contributed by atoms with Crippen LogP contribution >= 0.6 is 0 Å². The van der Waals surface area contributed by atoms with Crippen molar-refractivity contribution < 1.29 is 49.9 Å². The molecular formula is C20H25F3O8S. The molecule has 0 radical (unpaired) electrons. The number of benzene rings is 1. The molecule has 0 saturated carbocycles. The summed E-state index contributed by atoms with van der Waals surface area (Å²) < 4.78 is 89.8. The summed E-state index contributed by atoms with van der Waals surface area (Å²) in [6, 6.07) is 3.06. The Hall–Kier alpha value is -2.05. The maximum absolute atomic E-state index is 12.9. The lowest BCUT2D eigenvalue weighted by Gasteiger charge is -2.38. The van der Waals surface area contributed by atoms with Gasteiger partial charge in [-0.25, -0.2) is 4.79 Å². The zero-order chi connectivity index (χ0) is 23.7. The minimum Gasteiger partial charge on any atom is -0.483 e. The molecule has 2 aliphatic heterocycles. The fourth-order valence-corrected chi connectivity index (χ4v) is 4.48. The number of hydrogen-bond acceptors (Lipinski definition) is 7. The second-order valence-electron chi connectivity index (χ2n) is 8.12. The third-order valence-corrected chi connectivity index (χ3v) is 6.60. The molecule has 4 unspecified atom stereocenters. The highest BCUT2D eigenvalue weighted by molar-refractivity contribution is 7.85. The van der Waals surface area contributed by atoms with Crippen molar-refractivity contribution in [2.24, 2.45) is 5.92 Å². The van der Waals surface area contributed by atoms with Gasteiger partial charge in [0.1, 0.15) is 18.0 Å². The zero-order valence-corrected chi connectivity index (χ0v) is 18.4. The lowest BCUT2D eigenvalue weighted by molar-refractivity contribution is -0.275. The highest BCUT2D eigenvalue weighted by Gasteiger charge is 2.50. The van der Waals surface area contributed by atoms with E-state index < -0.39 is 46.2 Å². The molecule has 0 spiro atoms. The molecule has 1 aromatic rings. The summed E-state index contributed by atoms with van der Waals surface area (Å²) in [5.74, 6) is -2.75. The zero-order valence-electron chi connectivity index (χ0n) is 17.6. The molecular weight excluding hydrogens is 457 g/mol. The molecule has 12 heteroatoms. The van der Waals surface area contributed by atoms with Crippen molar-refractivity contribution in [1.29, 1.82) is 0 Å². The van der Waals surface area contributed by atoms with Gasteiger partial charge < -0.3 is 18.9 Å². The Kier molecular flexibility index (Phi) is 6.97. The van der Waals surface area contributed by atoms with Crippen LogP contribution in [0.5, 0.6) is 11.5 Å². The molecule has 0 aliphatic carbocycles. The van der Waals surface area contributed by atoms with Crippen molar-refractivity contribution in [3.8, 4) is 11.5 Å². The van der Waals surface area contributed by atoms with Gasteiger partial charge in [-0.3, -0.25) is 4.55 Å². The highest BCUT2D eigenvalue weighted by Crippen LogP contribution is 2.47. The number of ether oxygens (including phenoxy) is 4. The predicted molar refractivity (Wildman–Crippen MR) is 105 cm³/mol. The SMILES string of the molecule is CCC(C)(Oc1cc(C(=O)OCCS(=O)(=O)O)ccc1OC(F)(F)F)C1CC2CCC1O2. The molecule has 2 saturated heterocycles. The number of rotatable bonds is 9.